The highest BCUT2D eigenvalue weighted by Gasteiger charge is 2.14. The molecule has 1 atom stereocenters. The van der Waals surface area contributed by atoms with Gasteiger partial charge in [-0.15, -0.1) is 0 Å². The molecule has 106 valence electrons. The molecule has 0 spiro atoms. The van der Waals surface area contributed by atoms with Crippen LogP contribution in [0.25, 0.3) is 0 Å². The van der Waals surface area contributed by atoms with Crippen LogP contribution in [0.4, 0.5) is 0 Å². The van der Waals surface area contributed by atoms with Crippen LogP contribution in [0.3, 0.4) is 0 Å². The monoisotopic (exact) mass is 283 g/mol. The summed E-state index contributed by atoms with van der Waals surface area (Å²) in [5, 5.41) is 10.6. The maximum absolute atomic E-state index is 10.0. The fourth-order valence-corrected chi connectivity index (χ4v) is 2.61. The van der Waals surface area contributed by atoms with E-state index in [2.05, 4.69) is 4.90 Å². The smallest absolute Gasteiger partial charge is 0.138 e. The minimum Gasteiger partial charge on any atom is -0.489 e. The molecule has 2 rings (SSSR count). The van der Waals surface area contributed by atoms with Crippen molar-refractivity contribution in [2.24, 2.45) is 0 Å². The highest BCUT2D eigenvalue weighted by Crippen LogP contribution is 2.23. The quantitative estimate of drug-likeness (QED) is 0.902. The second-order valence-corrected chi connectivity index (χ2v) is 5.52. The van der Waals surface area contributed by atoms with Crippen LogP contribution in [-0.2, 0) is 0 Å². The van der Waals surface area contributed by atoms with Gasteiger partial charge in [-0.1, -0.05) is 36.6 Å². The number of hydrogen-bond acceptors (Lipinski definition) is 3. The van der Waals surface area contributed by atoms with Gasteiger partial charge in [-0.25, -0.2) is 0 Å². The minimum atomic E-state index is -0.464. The Kier molecular flexibility index (Phi) is 5.95. The van der Waals surface area contributed by atoms with E-state index in [0.717, 1.165) is 13.1 Å². The largest absolute Gasteiger partial charge is 0.489 e. The second-order valence-electron chi connectivity index (χ2n) is 5.11. The zero-order valence-corrected chi connectivity index (χ0v) is 12.0. The number of aliphatic hydroxyl groups excluding tert-OH is 1. The maximum atomic E-state index is 10.0. The van der Waals surface area contributed by atoms with E-state index in [4.69, 9.17) is 16.3 Å². The van der Waals surface area contributed by atoms with E-state index >= 15 is 0 Å². The van der Waals surface area contributed by atoms with E-state index in [9.17, 15) is 5.11 Å². The third kappa shape index (κ3) is 5.01. The zero-order valence-electron chi connectivity index (χ0n) is 11.2. The van der Waals surface area contributed by atoms with Crippen LogP contribution in [0.1, 0.15) is 25.7 Å². The van der Waals surface area contributed by atoms with Crippen molar-refractivity contribution in [3.8, 4) is 5.75 Å². The van der Waals surface area contributed by atoms with E-state index in [1.165, 1.54) is 25.7 Å². The van der Waals surface area contributed by atoms with E-state index < -0.39 is 6.10 Å². The summed E-state index contributed by atoms with van der Waals surface area (Å²) in [5.74, 6) is 0.638. The number of ether oxygens (including phenoxy) is 1. The summed E-state index contributed by atoms with van der Waals surface area (Å²) < 4.78 is 5.56. The maximum Gasteiger partial charge on any atom is 0.138 e. The van der Waals surface area contributed by atoms with Crippen LogP contribution in [-0.4, -0.2) is 42.4 Å². The fourth-order valence-electron chi connectivity index (χ4n) is 2.42. The molecule has 0 amide bonds. The Hall–Kier alpha value is -0.770. The van der Waals surface area contributed by atoms with Gasteiger partial charge < -0.3 is 14.7 Å². The summed E-state index contributed by atoms with van der Waals surface area (Å²) in [6.07, 6.45) is 4.62. The van der Waals surface area contributed by atoms with Crippen molar-refractivity contribution >= 4 is 11.6 Å². The lowest BCUT2D eigenvalue weighted by Crippen LogP contribution is -2.36. The first kappa shape index (κ1) is 14.6. The van der Waals surface area contributed by atoms with Crippen molar-refractivity contribution in [2.45, 2.75) is 31.8 Å². The first-order valence-electron chi connectivity index (χ1n) is 7.03. The van der Waals surface area contributed by atoms with Gasteiger partial charge in [0.1, 0.15) is 18.5 Å². The number of rotatable bonds is 5. The molecular formula is C15H22ClNO2. The van der Waals surface area contributed by atoms with Gasteiger partial charge in [0, 0.05) is 6.54 Å². The molecule has 0 saturated carbocycles. The highest BCUT2D eigenvalue weighted by molar-refractivity contribution is 6.32. The van der Waals surface area contributed by atoms with Gasteiger partial charge in [-0.3, -0.25) is 0 Å². The number of aliphatic hydroxyl groups is 1. The Morgan fingerprint density at radius 3 is 2.53 bits per heavy atom. The van der Waals surface area contributed by atoms with Crippen molar-refractivity contribution in [3.05, 3.63) is 29.3 Å². The van der Waals surface area contributed by atoms with Crippen molar-refractivity contribution in [3.63, 3.8) is 0 Å². The van der Waals surface area contributed by atoms with Gasteiger partial charge >= 0.3 is 0 Å². The van der Waals surface area contributed by atoms with Crippen molar-refractivity contribution < 1.29 is 9.84 Å². The molecule has 19 heavy (non-hydrogen) atoms. The number of β-amino-alcohol motifs (C(OH)–C–C–N with tert-alkyl or cyclic N) is 1. The molecule has 0 aromatic heterocycles. The molecule has 1 fully saturated rings. The molecule has 1 aromatic rings. The van der Waals surface area contributed by atoms with Crippen LogP contribution < -0.4 is 4.74 Å². The van der Waals surface area contributed by atoms with Gasteiger partial charge in [-0.05, 0) is 38.1 Å². The van der Waals surface area contributed by atoms with Crippen molar-refractivity contribution in [2.75, 3.05) is 26.2 Å². The van der Waals surface area contributed by atoms with Crippen LogP contribution >= 0.6 is 11.6 Å². The first-order chi connectivity index (χ1) is 9.25. The lowest BCUT2D eigenvalue weighted by atomic mass is 10.2. The predicted octanol–water partition coefficient (Wildman–Crippen LogP) is 2.96. The molecule has 0 unspecified atom stereocenters. The molecule has 1 saturated heterocycles. The van der Waals surface area contributed by atoms with Gasteiger partial charge in [-0.2, -0.15) is 0 Å². The number of likely N-dealkylation sites (tertiary alicyclic amines) is 1. The Balaban J connectivity index is 1.74. The summed E-state index contributed by atoms with van der Waals surface area (Å²) >= 11 is 6.00. The standard InChI is InChI=1S/C15H22ClNO2/c16-14-7-3-4-8-15(14)19-12-13(18)11-17-9-5-1-2-6-10-17/h3-4,7-8,13,18H,1-2,5-6,9-12H2/t13-/m1/s1. The number of para-hydroxylation sites is 1. The molecule has 0 radical (unpaired) electrons. The number of benzene rings is 1. The molecule has 1 N–H and O–H groups in total. The lowest BCUT2D eigenvalue weighted by Gasteiger charge is -2.23. The first-order valence-corrected chi connectivity index (χ1v) is 7.41. The number of nitrogens with zero attached hydrogens (tertiary/aromatic N) is 1. The molecule has 1 heterocycles. The molecule has 1 aromatic carbocycles. The molecule has 4 heteroatoms. The molecular weight excluding hydrogens is 262 g/mol. The van der Waals surface area contributed by atoms with Gasteiger partial charge in [0.2, 0.25) is 0 Å². The Morgan fingerprint density at radius 2 is 1.84 bits per heavy atom. The Bertz CT molecular complexity index is 378. The molecule has 1 aliphatic heterocycles. The van der Waals surface area contributed by atoms with Crippen molar-refractivity contribution in [1.82, 2.24) is 4.90 Å². The third-order valence-corrected chi connectivity index (χ3v) is 3.75. The summed E-state index contributed by atoms with van der Waals surface area (Å²) in [5.41, 5.74) is 0. The zero-order chi connectivity index (χ0) is 13.5. The number of halogens is 1. The normalized spacial score (nSPS) is 18.8. The lowest BCUT2D eigenvalue weighted by molar-refractivity contribution is 0.0694. The Morgan fingerprint density at radius 1 is 1.16 bits per heavy atom. The van der Waals surface area contributed by atoms with E-state index in [1.807, 2.05) is 18.2 Å². The summed E-state index contributed by atoms with van der Waals surface area (Å²) in [4.78, 5) is 2.33. The van der Waals surface area contributed by atoms with Gasteiger partial charge in [0.05, 0.1) is 5.02 Å². The summed E-state index contributed by atoms with van der Waals surface area (Å²) in [6.45, 7) is 3.15. The summed E-state index contributed by atoms with van der Waals surface area (Å²) in [6, 6.07) is 7.35. The average Bonchev–Trinajstić information content (AvgIpc) is 2.66. The highest BCUT2D eigenvalue weighted by atomic mass is 35.5. The number of hydrogen-bond donors (Lipinski definition) is 1. The molecule has 0 bridgehead atoms. The van der Waals surface area contributed by atoms with Crippen LogP contribution in [0, 0.1) is 0 Å². The van der Waals surface area contributed by atoms with Crippen LogP contribution in [0.15, 0.2) is 24.3 Å². The summed E-state index contributed by atoms with van der Waals surface area (Å²) in [7, 11) is 0. The Labute approximate surface area is 120 Å². The van der Waals surface area contributed by atoms with E-state index in [0.29, 0.717) is 23.9 Å². The fraction of sp³-hybridized carbons (Fsp3) is 0.600. The average molecular weight is 284 g/mol. The van der Waals surface area contributed by atoms with Gasteiger partial charge in [0.25, 0.3) is 0 Å². The minimum absolute atomic E-state index is 0.292. The molecule has 3 nitrogen and oxygen atoms in total. The van der Waals surface area contributed by atoms with Crippen LogP contribution in [0.5, 0.6) is 5.75 Å². The third-order valence-electron chi connectivity index (χ3n) is 3.44. The predicted molar refractivity (Wildman–Crippen MR) is 77.9 cm³/mol. The van der Waals surface area contributed by atoms with Crippen LogP contribution in [0.2, 0.25) is 5.02 Å². The van der Waals surface area contributed by atoms with Crippen molar-refractivity contribution in [1.29, 1.82) is 0 Å². The van der Waals surface area contributed by atoms with E-state index in [1.54, 1.807) is 6.07 Å². The second kappa shape index (κ2) is 7.73. The van der Waals surface area contributed by atoms with Gasteiger partial charge in [0.15, 0.2) is 0 Å². The molecule has 1 aliphatic rings. The molecule has 0 aliphatic carbocycles. The SMILES string of the molecule is O[C@@H](COc1ccccc1Cl)CN1CCCCCC1. The van der Waals surface area contributed by atoms with E-state index in [-0.39, 0.29) is 0 Å². The topological polar surface area (TPSA) is 32.7 Å².